The van der Waals surface area contributed by atoms with E-state index in [0.717, 1.165) is 17.3 Å². The van der Waals surface area contributed by atoms with Gasteiger partial charge in [-0.25, -0.2) is 4.79 Å². The van der Waals surface area contributed by atoms with Gasteiger partial charge in [-0.2, -0.15) is 0 Å². The maximum atomic E-state index is 11.2. The average Bonchev–Trinajstić information content (AvgIpc) is 2.46. The second kappa shape index (κ2) is 6.00. The number of nitrogens with zero attached hydrogens (tertiary/aromatic N) is 2. The summed E-state index contributed by atoms with van der Waals surface area (Å²) in [7, 11) is 0. The van der Waals surface area contributed by atoms with Crippen molar-refractivity contribution < 1.29 is 14.8 Å². The Labute approximate surface area is 120 Å². The summed E-state index contributed by atoms with van der Waals surface area (Å²) < 4.78 is 0. The number of nitro groups is 1. The van der Waals surface area contributed by atoms with Gasteiger partial charge in [-0.15, -0.1) is 0 Å². The van der Waals surface area contributed by atoms with Crippen LogP contribution in [0.5, 0.6) is 0 Å². The maximum Gasteiger partial charge on any atom is 0.338 e. The molecule has 0 aliphatic heterocycles. The van der Waals surface area contributed by atoms with Gasteiger partial charge in [-0.3, -0.25) is 15.1 Å². The van der Waals surface area contributed by atoms with E-state index in [-0.39, 0.29) is 11.3 Å². The molecule has 0 saturated carbocycles. The number of carboxylic acids is 1. The van der Waals surface area contributed by atoms with E-state index in [0.29, 0.717) is 12.2 Å². The third-order valence-electron chi connectivity index (χ3n) is 2.90. The van der Waals surface area contributed by atoms with E-state index >= 15 is 0 Å². The number of aryl methyl sites for hydroxylation is 1. The Balaban J connectivity index is 2.21. The minimum absolute atomic E-state index is 0.135. The number of hydrogen-bond donors (Lipinski definition) is 2. The fourth-order valence-electron chi connectivity index (χ4n) is 1.78. The summed E-state index contributed by atoms with van der Waals surface area (Å²) >= 11 is 0. The summed E-state index contributed by atoms with van der Waals surface area (Å²) in [5.74, 6) is -1.22. The van der Waals surface area contributed by atoms with Gasteiger partial charge in [0.1, 0.15) is 0 Å². The van der Waals surface area contributed by atoms with Crippen LogP contribution in [0.25, 0.3) is 0 Å². The van der Waals surface area contributed by atoms with Crippen molar-refractivity contribution in [1.29, 1.82) is 0 Å². The van der Waals surface area contributed by atoms with Gasteiger partial charge >= 0.3 is 5.97 Å². The number of nitrogens with one attached hydrogen (secondary N) is 1. The highest BCUT2D eigenvalue weighted by atomic mass is 16.6. The number of non-ortho nitro benzene ring substituents is 1. The zero-order valence-corrected chi connectivity index (χ0v) is 11.2. The molecular weight excluding hydrogens is 274 g/mol. The molecule has 1 heterocycles. The second-order valence-electron chi connectivity index (χ2n) is 4.45. The Morgan fingerprint density at radius 2 is 2.14 bits per heavy atom. The molecule has 0 radical (unpaired) electrons. The lowest BCUT2D eigenvalue weighted by Gasteiger charge is -2.09. The first-order valence-corrected chi connectivity index (χ1v) is 6.14. The smallest absolute Gasteiger partial charge is 0.338 e. The largest absolute Gasteiger partial charge is 0.478 e. The standard InChI is InChI=1S/C14H13N3O4/c1-9-2-3-10(7-15-9)8-16-13-5-4-11(17(20)21)6-12(13)14(18)19/h2-7,16H,8H2,1H3,(H,18,19). The Kier molecular flexibility index (Phi) is 4.13. The van der Waals surface area contributed by atoms with Crippen LogP contribution in [-0.4, -0.2) is 21.0 Å². The lowest BCUT2D eigenvalue weighted by Crippen LogP contribution is -2.07. The van der Waals surface area contributed by atoms with Crippen molar-refractivity contribution >= 4 is 17.3 Å². The first-order valence-electron chi connectivity index (χ1n) is 6.14. The molecule has 21 heavy (non-hydrogen) atoms. The number of carboxylic acid groups (broad SMARTS) is 1. The van der Waals surface area contributed by atoms with E-state index in [4.69, 9.17) is 5.11 Å². The summed E-state index contributed by atoms with van der Waals surface area (Å²) in [6.07, 6.45) is 1.69. The van der Waals surface area contributed by atoms with Crippen molar-refractivity contribution in [3.63, 3.8) is 0 Å². The molecule has 0 unspecified atom stereocenters. The molecule has 0 atom stereocenters. The lowest BCUT2D eigenvalue weighted by atomic mass is 10.1. The van der Waals surface area contributed by atoms with Crippen LogP contribution in [0.1, 0.15) is 21.6 Å². The summed E-state index contributed by atoms with van der Waals surface area (Å²) in [5.41, 5.74) is 1.71. The van der Waals surface area contributed by atoms with Crippen LogP contribution in [0.2, 0.25) is 0 Å². The number of aromatic nitrogens is 1. The molecule has 0 fully saturated rings. The first-order chi connectivity index (χ1) is 9.97. The van der Waals surface area contributed by atoms with Gasteiger partial charge < -0.3 is 10.4 Å². The van der Waals surface area contributed by atoms with Gasteiger partial charge in [0, 0.05) is 36.3 Å². The highest BCUT2D eigenvalue weighted by molar-refractivity contribution is 5.95. The minimum Gasteiger partial charge on any atom is -0.478 e. The highest BCUT2D eigenvalue weighted by Gasteiger charge is 2.15. The monoisotopic (exact) mass is 287 g/mol. The van der Waals surface area contributed by atoms with E-state index in [2.05, 4.69) is 10.3 Å². The van der Waals surface area contributed by atoms with Crippen molar-refractivity contribution in [3.05, 3.63) is 63.5 Å². The molecule has 0 bridgehead atoms. The predicted molar refractivity (Wildman–Crippen MR) is 76.4 cm³/mol. The molecule has 108 valence electrons. The summed E-state index contributed by atoms with van der Waals surface area (Å²) in [4.78, 5) is 25.4. The molecule has 0 aliphatic carbocycles. The topological polar surface area (TPSA) is 105 Å². The molecule has 7 heteroatoms. The van der Waals surface area contributed by atoms with Gasteiger partial charge in [0.2, 0.25) is 0 Å². The molecule has 0 saturated heterocycles. The summed E-state index contributed by atoms with van der Waals surface area (Å²) in [6.45, 7) is 2.25. The Hall–Kier alpha value is -2.96. The van der Waals surface area contributed by atoms with Crippen LogP contribution >= 0.6 is 0 Å². The first kappa shape index (κ1) is 14.4. The number of benzene rings is 1. The Bertz CT molecular complexity index is 683. The minimum atomic E-state index is -1.22. The van der Waals surface area contributed by atoms with Gasteiger partial charge in [0.15, 0.2) is 0 Å². The number of rotatable bonds is 5. The molecule has 2 aromatic rings. The van der Waals surface area contributed by atoms with Crippen molar-refractivity contribution in [2.24, 2.45) is 0 Å². The maximum absolute atomic E-state index is 11.2. The molecule has 1 aromatic carbocycles. The molecule has 1 aromatic heterocycles. The molecule has 2 rings (SSSR count). The van der Waals surface area contributed by atoms with Gasteiger partial charge in [0.05, 0.1) is 10.5 Å². The molecule has 0 aliphatic rings. The number of pyridine rings is 1. The van der Waals surface area contributed by atoms with Gasteiger partial charge in [0.25, 0.3) is 5.69 Å². The number of hydrogen-bond acceptors (Lipinski definition) is 5. The Morgan fingerprint density at radius 1 is 1.38 bits per heavy atom. The third-order valence-corrected chi connectivity index (χ3v) is 2.90. The fourth-order valence-corrected chi connectivity index (χ4v) is 1.78. The molecule has 7 nitrogen and oxygen atoms in total. The van der Waals surface area contributed by atoms with Crippen LogP contribution in [0.3, 0.4) is 0 Å². The predicted octanol–water partition coefficient (Wildman–Crippen LogP) is 2.61. The van der Waals surface area contributed by atoms with Gasteiger partial charge in [-0.05, 0) is 24.6 Å². The molecule has 0 amide bonds. The van der Waals surface area contributed by atoms with Crippen LogP contribution in [0, 0.1) is 17.0 Å². The van der Waals surface area contributed by atoms with E-state index in [1.165, 1.54) is 12.1 Å². The summed E-state index contributed by atoms with van der Waals surface area (Å²) in [6, 6.07) is 7.43. The molecule has 0 spiro atoms. The average molecular weight is 287 g/mol. The van der Waals surface area contributed by atoms with E-state index in [1.807, 2.05) is 19.1 Å². The van der Waals surface area contributed by atoms with E-state index in [1.54, 1.807) is 6.20 Å². The summed E-state index contributed by atoms with van der Waals surface area (Å²) in [5, 5.41) is 22.8. The van der Waals surface area contributed by atoms with Crippen LogP contribution in [0.4, 0.5) is 11.4 Å². The van der Waals surface area contributed by atoms with Crippen molar-refractivity contribution in [3.8, 4) is 0 Å². The van der Waals surface area contributed by atoms with Crippen molar-refractivity contribution in [1.82, 2.24) is 4.98 Å². The molecule has 2 N–H and O–H groups in total. The van der Waals surface area contributed by atoms with Crippen LogP contribution in [-0.2, 0) is 6.54 Å². The quantitative estimate of drug-likeness (QED) is 0.646. The third kappa shape index (κ3) is 3.53. The Morgan fingerprint density at radius 3 is 2.71 bits per heavy atom. The highest BCUT2D eigenvalue weighted by Crippen LogP contribution is 2.22. The van der Waals surface area contributed by atoms with E-state index in [9.17, 15) is 14.9 Å². The second-order valence-corrected chi connectivity index (χ2v) is 4.45. The number of carbonyl (C=O) groups is 1. The zero-order chi connectivity index (χ0) is 15.4. The number of anilines is 1. The van der Waals surface area contributed by atoms with E-state index < -0.39 is 10.9 Å². The van der Waals surface area contributed by atoms with Crippen molar-refractivity contribution in [2.75, 3.05) is 5.32 Å². The molecular formula is C14H13N3O4. The zero-order valence-electron chi connectivity index (χ0n) is 11.2. The lowest BCUT2D eigenvalue weighted by molar-refractivity contribution is -0.384. The number of aromatic carboxylic acids is 1. The van der Waals surface area contributed by atoms with Gasteiger partial charge in [-0.1, -0.05) is 6.07 Å². The van der Waals surface area contributed by atoms with Crippen LogP contribution in [0.15, 0.2) is 36.5 Å². The fraction of sp³-hybridized carbons (Fsp3) is 0.143. The van der Waals surface area contributed by atoms with Crippen molar-refractivity contribution in [2.45, 2.75) is 13.5 Å². The van der Waals surface area contributed by atoms with Crippen LogP contribution < -0.4 is 5.32 Å². The number of nitro benzene ring substituents is 1. The SMILES string of the molecule is Cc1ccc(CNc2ccc([N+](=O)[O-])cc2C(=O)O)cn1. The normalized spacial score (nSPS) is 10.1.